The molecule has 2 N–H and O–H groups in total. The van der Waals surface area contributed by atoms with Crippen LogP contribution in [0.15, 0.2) is 48.7 Å². The van der Waals surface area contributed by atoms with Gasteiger partial charge in [0.25, 0.3) is 0 Å². The maximum absolute atomic E-state index is 13.3. The fraction of sp³-hybridized carbons (Fsp3) is 0.267. The van der Waals surface area contributed by atoms with Crippen LogP contribution < -0.4 is 5.32 Å². The van der Waals surface area contributed by atoms with E-state index in [4.69, 9.17) is 5.41 Å². The summed E-state index contributed by atoms with van der Waals surface area (Å²) in [5.41, 5.74) is 1.85. The van der Waals surface area contributed by atoms with Gasteiger partial charge in [-0.3, -0.25) is 0 Å². The Morgan fingerprint density at radius 2 is 2.17 bits per heavy atom. The molecule has 0 aliphatic carbocycles. The van der Waals surface area contributed by atoms with E-state index < -0.39 is 0 Å². The Kier molecular flexibility index (Phi) is 5.85. The van der Waals surface area contributed by atoms with Crippen molar-refractivity contribution in [3.8, 4) is 0 Å². The lowest BCUT2D eigenvalue weighted by molar-refractivity contribution is 0.604. The number of hydrogen-bond acceptors (Lipinski definition) is 2. The molecule has 0 fully saturated rings. The van der Waals surface area contributed by atoms with Crippen LogP contribution in [0.4, 0.5) is 4.39 Å². The Labute approximate surface area is 108 Å². The molecule has 0 aromatic heterocycles. The summed E-state index contributed by atoms with van der Waals surface area (Å²) in [6, 6.07) is 6.64. The number of benzene rings is 1. The lowest BCUT2D eigenvalue weighted by Gasteiger charge is -2.04. The van der Waals surface area contributed by atoms with Crippen molar-refractivity contribution in [1.29, 1.82) is 5.41 Å². The molecular weight excluding hydrogens is 227 g/mol. The van der Waals surface area contributed by atoms with E-state index in [0.29, 0.717) is 17.8 Å². The average molecular weight is 246 g/mol. The van der Waals surface area contributed by atoms with Crippen molar-refractivity contribution in [2.45, 2.75) is 26.3 Å². The molecule has 0 amide bonds. The third-order valence-electron chi connectivity index (χ3n) is 2.55. The number of hydrogen-bond donors (Lipinski definition) is 2. The molecule has 18 heavy (non-hydrogen) atoms. The van der Waals surface area contributed by atoms with E-state index in [1.54, 1.807) is 30.5 Å². The lowest BCUT2D eigenvalue weighted by atomic mass is 10.1. The van der Waals surface area contributed by atoms with Crippen molar-refractivity contribution in [2.75, 3.05) is 0 Å². The quantitative estimate of drug-likeness (QED) is 0.705. The predicted molar refractivity (Wildman–Crippen MR) is 74.2 cm³/mol. The number of nitrogens with one attached hydrogen (secondary N) is 2. The van der Waals surface area contributed by atoms with Gasteiger partial charge < -0.3 is 10.7 Å². The highest BCUT2D eigenvalue weighted by Gasteiger charge is 1.99. The zero-order valence-corrected chi connectivity index (χ0v) is 10.7. The first-order valence-corrected chi connectivity index (χ1v) is 6.05. The molecule has 3 heteroatoms. The molecular formula is C15H19FN2. The van der Waals surface area contributed by atoms with Gasteiger partial charge in [0, 0.05) is 12.1 Å². The van der Waals surface area contributed by atoms with E-state index in [0.717, 1.165) is 18.4 Å². The number of halogens is 1. The molecule has 1 aromatic rings. The van der Waals surface area contributed by atoms with Gasteiger partial charge >= 0.3 is 0 Å². The molecule has 0 aliphatic rings. The predicted octanol–water partition coefficient (Wildman–Crippen LogP) is 3.81. The molecule has 0 saturated heterocycles. The van der Waals surface area contributed by atoms with Crippen LogP contribution >= 0.6 is 0 Å². The zero-order valence-electron chi connectivity index (χ0n) is 10.7. The largest absolute Gasteiger partial charge is 0.387 e. The van der Waals surface area contributed by atoms with Gasteiger partial charge in [0.1, 0.15) is 5.82 Å². The maximum Gasteiger partial charge on any atom is 0.128 e. The van der Waals surface area contributed by atoms with Gasteiger partial charge in [0.15, 0.2) is 0 Å². The molecule has 0 atom stereocenters. The highest BCUT2D eigenvalue weighted by molar-refractivity contribution is 6.05. The minimum atomic E-state index is -0.219. The summed E-state index contributed by atoms with van der Waals surface area (Å²) in [5, 5.41) is 10.7. The monoisotopic (exact) mass is 246 g/mol. The second kappa shape index (κ2) is 7.43. The van der Waals surface area contributed by atoms with Gasteiger partial charge in [-0.25, -0.2) is 4.39 Å². The Morgan fingerprint density at radius 3 is 2.83 bits per heavy atom. The third kappa shape index (κ3) is 4.53. The first kappa shape index (κ1) is 14.2. The molecule has 0 radical (unpaired) electrons. The Morgan fingerprint density at radius 1 is 1.44 bits per heavy atom. The molecule has 1 rings (SSSR count). The van der Waals surface area contributed by atoms with Gasteiger partial charge in [0.05, 0.1) is 5.71 Å². The zero-order chi connectivity index (χ0) is 13.4. The van der Waals surface area contributed by atoms with Gasteiger partial charge in [0.2, 0.25) is 0 Å². The van der Waals surface area contributed by atoms with Crippen LogP contribution in [-0.2, 0) is 6.54 Å². The second-order valence-electron chi connectivity index (χ2n) is 4.07. The van der Waals surface area contributed by atoms with Crippen LogP contribution in [0.1, 0.15) is 25.3 Å². The minimum absolute atomic E-state index is 0.219. The summed E-state index contributed by atoms with van der Waals surface area (Å²) >= 11 is 0. The molecule has 0 heterocycles. The maximum atomic E-state index is 13.3. The summed E-state index contributed by atoms with van der Waals surface area (Å²) in [5.74, 6) is -0.219. The van der Waals surface area contributed by atoms with Crippen LogP contribution in [0.3, 0.4) is 0 Å². The van der Waals surface area contributed by atoms with E-state index in [2.05, 4.69) is 18.8 Å². The van der Waals surface area contributed by atoms with Crippen molar-refractivity contribution in [3.63, 3.8) is 0 Å². The Balaban J connectivity index is 2.40. The molecule has 0 aliphatic heterocycles. The van der Waals surface area contributed by atoms with Crippen molar-refractivity contribution in [1.82, 2.24) is 5.32 Å². The number of allylic oxidation sites excluding steroid dienone is 2. The lowest BCUT2D eigenvalue weighted by Crippen LogP contribution is -2.07. The van der Waals surface area contributed by atoms with E-state index >= 15 is 0 Å². The summed E-state index contributed by atoms with van der Waals surface area (Å²) in [6.45, 7) is 6.30. The van der Waals surface area contributed by atoms with Crippen LogP contribution in [0.5, 0.6) is 0 Å². The third-order valence-corrected chi connectivity index (χ3v) is 2.55. The highest BCUT2D eigenvalue weighted by Crippen LogP contribution is 2.06. The van der Waals surface area contributed by atoms with Gasteiger partial charge in [-0.1, -0.05) is 38.1 Å². The summed E-state index contributed by atoms with van der Waals surface area (Å²) in [4.78, 5) is 0. The van der Waals surface area contributed by atoms with E-state index in [9.17, 15) is 4.39 Å². The van der Waals surface area contributed by atoms with Crippen molar-refractivity contribution >= 4 is 5.71 Å². The summed E-state index contributed by atoms with van der Waals surface area (Å²) in [6.07, 6.45) is 5.13. The van der Waals surface area contributed by atoms with Gasteiger partial charge in [-0.15, -0.1) is 0 Å². The highest BCUT2D eigenvalue weighted by atomic mass is 19.1. The van der Waals surface area contributed by atoms with Crippen LogP contribution in [0.25, 0.3) is 0 Å². The van der Waals surface area contributed by atoms with Crippen molar-refractivity contribution in [2.24, 2.45) is 0 Å². The smallest absolute Gasteiger partial charge is 0.128 e. The summed E-state index contributed by atoms with van der Waals surface area (Å²) in [7, 11) is 0. The topological polar surface area (TPSA) is 35.9 Å². The second-order valence-corrected chi connectivity index (χ2v) is 4.07. The van der Waals surface area contributed by atoms with Crippen LogP contribution in [0.2, 0.25) is 0 Å². The molecule has 1 aromatic carbocycles. The summed E-state index contributed by atoms with van der Waals surface area (Å²) < 4.78 is 13.3. The Bertz CT molecular complexity index is 450. The fourth-order valence-electron chi connectivity index (χ4n) is 1.51. The SMILES string of the molecule is C=C(CCC)C(=N)/C=C\NCc1ccccc1F. The minimum Gasteiger partial charge on any atom is -0.387 e. The van der Waals surface area contributed by atoms with E-state index in [-0.39, 0.29) is 5.82 Å². The normalized spacial score (nSPS) is 10.6. The van der Waals surface area contributed by atoms with Crippen LogP contribution in [-0.4, -0.2) is 5.71 Å². The van der Waals surface area contributed by atoms with Crippen molar-refractivity contribution < 1.29 is 4.39 Å². The molecule has 0 bridgehead atoms. The first-order chi connectivity index (χ1) is 8.65. The molecule has 0 spiro atoms. The van der Waals surface area contributed by atoms with E-state index in [1.807, 2.05) is 0 Å². The Hall–Kier alpha value is -1.90. The van der Waals surface area contributed by atoms with Gasteiger partial charge in [-0.05, 0) is 30.3 Å². The van der Waals surface area contributed by atoms with Gasteiger partial charge in [-0.2, -0.15) is 0 Å². The molecule has 96 valence electrons. The standard InChI is InChI=1S/C15H19FN2/c1-3-6-12(2)15(17)9-10-18-11-13-7-4-5-8-14(13)16/h4-5,7-10,17-18H,2-3,6,11H2,1H3/b10-9-,17-15?. The fourth-order valence-corrected chi connectivity index (χ4v) is 1.51. The molecule has 2 nitrogen and oxygen atoms in total. The van der Waals surface area contributed by atoms with Crippen molar-refractivity contribution in [3.05, 3.63) is 60.1 Å². The van der Waals surface area contributed by atoms with E-state index in [1.165, 1.54) is 6.07 Å². The molecule has 0 unspecified atom stereocenters. The first-order valence-electron chi connectivity index (χ1n) is 6.05. The number of rotatable bonds is 7. The molecule has 0 saturated carbocycles. The van der Waals surface area contributed by atoms with Crippen LogP contribution in [0, 0.1) is 11.2 Å². The average Bonchev–Trinajstić information content (AvgIpc) is 2.36.